The van der Waals surface area contributed by atoms with Gasteiger partial charge in [0, 0.05) is 33.3 Å². The first kappa shape index (κ1) is 31.1. The van der Waals surface area contributed by atoms with Crippen LogP contribution >= 0.6 is 23.2 Å². The predicted molar refractivity (Wildman–Crippen MR) is 162 cm³/mol. The first-order valence-corrected chi connectivity index (χ1v) is 15.1. The number of sulfonamides is 1. The van der Waals surface area contributed by atoms with Crippen molar-refractivity contribution < 1.29 is 26.7 Å². The average molecular weight is 658 g/mol. The molecule has 0 unspecified atom stereocenters. The molecule has 1 heterocycles. The zero-order chi connectivity index (χ0) is 31.8. The van der Waals surface area contributed by atoms with Crippen LogP contribution in [0.1, 0.15) is 16.7 Å². The molecule has 0 atom stereocenters. The number of alkyl halides is 3. The lowest BCUT2D eigenvalue weighted by molar-refractivity contribution is -0.137. The SMILES string of the molecule is N#Cc1c(-c2cc(C(F)(F)F)ccc2Cl)cc(-c2cc(Cl)cc(CCNS(=O)(=O)c3ccc4ccccc4c3)c2O)[nH]c1=O. The summed E-state index contributed by atoms with van der Waals surface area (Å²) >= 11 is 12.5. The number of nitrogens with one attached hydrogen (secondary N) is 2. The molecule has 0 radical (unpaired) electrons. The summed E-state index contributed by atoms with van der Waals surface area (Å²) in [5.74, 6) is -0.360. The van der Waals surface area contributed by atoms with Crippen LogP contribution in [0.3, 0.4) is 0 Å². The van der Waals surface area contributed by atoms with Gasteiger partial charge in [0.15, 0.2) is 0 Å². The van der Waals surface area contributed by atoms with Gasteiger partial charge in [-0.2, -0.15) is 18.4 Å². The van der Waals surface area contributed by atoms with E-state index >= 15 is 0 Å². The Hall–Kier alpha value is -4.34. The summed E-state index contributed by atoms with van der Waals surface area (Å²) in [6.45, 7) is -0.127. The zero-order valence-electron chi connectivity index (χ0n) is 22.3. The summed E-state index contributed by atoms with van der Waals surface area (Å²) in [4.78, 5) is 15.4. The molecule has 4 aromatic carbocycles. The Morgan fingerprint density at radius 3 is 2.34 bits per heavy atom. The smallest absolute Gasteiger partial charge is 0.416 e. The Morgan fingerprint density at radius 2 is 1.64 bits per heavy atom. The van der Waals surface area contributed by atoms with Crippen molar-refractivity contribution in [3.8, 4) is 34.2 Å². The third-order valence-corrected chi connectivity index (χ3v) is 8.90. The molecule has 0 spiro atoms. The van der Waals surface area contributed by atoms with E-state index in [4.69, 9.17) is 23.2 Å². The van der Waals surface area contributed by atoms with Gasteiger partial charge < -0.3 is 10.1 Å². The number of aromatic nitrogens is 1. The molecule has 0 aliphatic rings. The molecule has 13 heteroatoms. The highest BCUT2D eigenvalue weighted by Crippen LogP contribution is 2.39. The molecule has 0 aliphatic heterocycles. The number of nitriles is 1. The molecule has 0 aliphatic carbocycles. The van der Waals surface area contributed by atoms with Crippen molar-refractivity contribution >= 4 is 44.0 Å². The molecule has 0 bridgehead atoms. The maximum absolute atomic E-state index is 13.4. The van der Waals surface area contributed by atoms with E-state index in [0.717, 1.165) is 29.0 Å². The lowest BCUT2D eigenvalue weighted by Crippen LogP contribution is -2.26. The standard InChI is InChI=1S/C31H20Cl2F3N3O4S/c32-21-11-19(9-10-38-44(42,43)22-7-5-17-3-1-2-4-18(17)12-22)29(40)25(14-21)28-15-23(26(16-37)30(41)39-28)24-13-20(31(34,35)36)6-8-27(24)33/h1-8,11-15,38,40H,9-10H2,(H,39,41). The summed E-state index contributed by atoms with van der Waals surface area (Å²) in [6.07, 6.45) is -4.73. The van der Waals surface area contributed by atoms with Crippen LogP contribution in [0.25, 0.3) is 33.2 Å². The second-order valence-corrected chi connectivity index (χ2v) is 12.3. The molecule has 44 heavy (non-hydrogen) atoms. The molecule has 1 aromatic heterocycles. The molecular weight excluding hydrogens is 638 g/mol. The van der Waals surface area contributed by atoms with Crippen LogP contribution in [-0.4, -0.2) is 25.1 Å². The fraction of sp³-hybridized carbons (Fsp3) is 0.0968. The number of aromatic amines is 1. The topological polar surface area (TPSA) is 123 Å². The Labute approximate surface area is 259 Å². The minimum Gasteiger partial charge on any atom is -0.507 e. The maximum atomic E-state index is 13.4. The highest BCUT2D eigenvalue weighted by atomic mass is 35.5. The Kier molecular flexibility index (Phi) is 8.46. The number of halogens is 5. The molecule has 0 saturated carbocycles. The van der Waals surface area contributed by atoms with Crippen molar-refractivity contribution in [1.82, 2.24) is 9.71 Å². The van der Waals surface area contributed by atoms with Gasteiger partial charge in [0.05, 0.1) is 16.2 Å². The largest absolute Gasteiger partial charge is 0.507 e. The lowest BCUT2D eigenvalue weighted by atomic mass is 9.96. The number of pyridine rings is 1. The second-order valence-electron chi connectivity index (χ2n) is 9.72. The number of phenolic OH excluding ortho intramolecular Hbond substituents is 1. The number of benzene rings is 4. The minimum atomic E-state index is -4.72. The number of rotatable bonds is 7. The normalized spacial score (nSPS) is 11.9. The molecule has 7 nitrogen and oxygen atoms in total. The van der Waals surface area contributed by atoms with E-state index in [1.54, 1.807) is 30.3 Å². The van der Waals surface area contributed by atoms with Crippen molar-refractivity contribution in [3.05, 3.63) is 116 Å². The van der Waals surface area contributed by atoms with Gasteiger partial charge in [-0.25, -0.2) is 13.1 Å². The number of phenols is 1. The van der Waals surface area contributed by atoms with E-state index in [9.17, 15) is 36.8 Å². The Bertz CT molecular complexity index is 2140. The summed E-state index contributed by atoms with van der Waals surface area (Å²) in [7, 11) is -3.91. The van der Waals surface area contributed by atoms with E-state index < -0.39 is 32.9 Å². The molecule has 224 valence electrons. The number of hydrogen-bond donors (Lipinski definition) is 3. The van der Waals surface area contributed by atoms with Gasteiger partial charge in [0.2, 0.25) is 10.0 Å². The highest BCUT2D eigenvalue weighted by Gasteiger charge is 2.31. The van der Waals surface area contributed by atoms with Gasteiger partial charge in [0.25, 0.3) is 5.56 Å². The number of aromatic hydroxyl groups is 1. The maximum Gasteiger partial charge on any atom is 0.416 e. The molecule has 5 rings (SSSR count). The first-order valence-electron chi connectivity index (χ1n) is 12.8. The molecule has 0 fully saturated rings. The summed E-state index contributed by atoms with van der Waals surface area (Å²) in [5.41, 5.74) is -2.70. The average Bonchev–Trinajstić information content (AvgIpc) is 2.97. The van der Waals surface area contributed by atoms with Crippen LogP contribution in [0, 0.1) is 11.3 Å². The Balaban J connectivity index is 1.48. The van der Waals surface area contributed by atoms with Crippen molar-refractivity contribution in [1.29, 1.82) is 5.26 Å². The fourth-order valence-electron chi connectivity index (χ4n) is 4.73. The van der Waals surface area contributed by atoms with Gasteiger partial charge in [-0.1, -0.05) is 53.5 Å². The third-order valence-electron chi connectivity index (χ3n) is 6.89. The van der Waals surface area contributed by atoms with Gasteiger partial charge in [-0.05, 0) is 71.3 Å². The molecular formula is C31H20Cl2F3N3O4S. The van der Waals surface area contributed by atoms with Crippen molar-refractivity contribution in [2.75, 3.05) is 6.54 Å². The minimum absolute atomic E-state index is 0.00387. The number of H-pyrrole nitrogens is 1. The van der Waals surface area contributed by atoms with E-state index in [0.29, 0.717) is 0 Å². The van der Waals surface area contributed by atoms with Gasteiger partial charge in [-0.15, -0.1) is 0 Å². The van der Waals surface area contributed by atoms with Crippen LogP contribution < -0.4 is 10.3 Å². The van der Waals surface area contributed by atoms with Gasteiger partial charge in [0.1, 0.15) is 17.4 Å². The third kappa shape index (κ3) is 6.30. The van der Waals surface area contributed by atoms with Crippen LogP contribution in [0.4, 0.5) is 13.2 Å². The summed E-state index contributed by atoms with van der Waals surface area (Å²) in [5, 5.41) is 22.3. The van der Waals surface area contributed by atoms with Gasteiger partial charge in [-0.3, -0.25) is 4.79 Å². The fourth-order valence-corrected chi connectivity index (χ4v) is 6.25. The van der Waals surface area contributed by atoms with E-state index in [1.165, 1.54) is 24.3 Å². The number of hydrogen-bond acceptors (Lipinski definition) is 5. The molecule has 5 aromatic rings. The van der Waals surface area contributed by atoms with Crippen LogP contribution in [0.5, 0.6) is 5.75 Å². The van der Waals surface area contributed by atoms with Crippen molar-refractivity contribution in [3.63, 3.8) is 0 Å². The highest BCUT2D eigenvalue weighted by molar-refractivity contribution is 7.89. The molecule has 0 saturated heterocycles. The Morgan fingerprint density at radius 1 is 0.909 bits per heavy atom. The van der Waals surface area contributed by atoms with Crippen molar-refractivity contribution in [2.24, 2.45) is 0 Å². The quantitative estimate of drug-likeness (QED) is 0.170. The predicted octanol–water partition coefficient (Wildman–Crippen LogP) is 7.29. The first-order chi connectivity index (χ1) is 20.8. The molecule has 0 amide bonds. The monoisotopic (exact) mass is 657 g/mol. The van der Waals surface area contributed by atoms with Gasteiger partial charge >= 0.3 is 6.18 Å². The number of nitrogens with zero attached hydrogens (tertiary/aromatic N) is 1. The van der Waals surface area contributed by atoms with Crippen LogP contribution in [0.15, 0.2) is 88.6 Å². The second kappa shape index (κ2) is 12.0. The summed E-state index contributed by atoms with van der Waals surface area (Å²) < 4.78 is 68.7. The van der Waals surface area contributed by atoms with Crippen LogP contribution in [-0.2, 0) is 22.6 Å². The van der Waals surface area contributed by atoms with E-state index in [2.05, 4.69) is 9.71 Å². The summed E-state index contributed by atoms with van der Waals surface area (Å²) in [6, 6.07) is 20.2. The molecule has 3 N–H and O–H groups in total. The number of fused-ring (bicyclic) bond motifs is 1. The van der Waals surface area contributed by atoms with Crippen LogP contribution in [0.2, 0.25) is 10.0 Å². The van der Waals surface area contributed by atoms with E-state index in [1.807, 2.05) is 12.1 Å². The zero-order valence-corrected chi connectivity index (χ0v) is 24.7. The lowest BCUT2D eigenvalue weighted by Gasteiger charge is -2.15. The van der Waals surface area contributed by atoms with Crippen molar-refractivity contribution in [2.45, 2.75) is 17.5 Å². The van der Waals surface area contributed by atoms with E-state index in [-0.39, 0.29) is 61.6 Å².